The number of hydrogen-bond acceptors (Lipinski definition) is 5. The van der Waals surface area contributed by atoms with Gasteiger partial charge in [-0.25, -0.2) is 4.98 Å². The van der Waals surface area contributed by atoms with Gasteiger partial charge in [0, 0.05) is 30.0 Å². The number of rotatable bonds is 5. The summed E-state index contributed by atoms with van der Waals surface area (Å²) in [4.78, 5) is 20.8. The molecule has 24 heavy (non-hydrogen) atoms. The Balaban J connectivity index is 1.73. The Morgan fingerprint density at radius 3 is 2.54 bits per heavy atom. The molecule has 3 aromatic rings. The summed E-state index contributed by atoms with van der Waals surface area (Å²) in [6.45, 7) is 0. The van der Waals surface area contributed by atoms with Gasteiger partial charge in [-0.1, -0.05) is 0 Å². The van der Waals surface area contributed by atoms with E-state index in [0.717, 1.165) is 5.56 Å². The zero-order valence-corrected chi connectivity index (χ0v) is 13.5. The molecule has 0 aliphatic rings. The van der Waals surface area contributed by atoms with Crippen molar-refractivity contribution in [3.8, 4) is 5.75 Å². The van der Waals surface area contributed by atoms with Crippen molar-refractivity contribution in [2.75, 3.05) is 5.32 Å². The number of carbonyl (C=O) groups is 1. The highest BCUT2D eigenvalue weighted by atomic mass is 32.2. The van der Waals surface area contributed by atoms with Gasteiger partial charge in [-0.2, -0.15) is 0 Å². The fraction of sp³-hybridized carbons (Fsp3) is 0.0556. The average molecular weight is 337 g/mol. The molecule has 1 amide bonds. The molecule has 0 spiro atoms. The first-order valence-corrected chi connectivity index (χ1v) is 8.28. The van der Waals surface area contributed by atoms with E-state index < -0.39 is 0 Å². The molecule has 0 radical (unpaired) electrons. The Morgan fingerprint density at radius 1 is 1.04 bits per heavy atom. The first-order valence-electron chi connectivity index (χ1n) is 7.29. The van der Waals surface area contributed by atoms with E-state index in [1.807, 2.05) is 12.1 Å². The molecule has 0 atom stereocenters. The van der Waals surface area contributed by atoms with E-state index in [4.69, 9.17) is 0 Å². The summed E-state index contributed by atoms with van der Waals surface area (Å²) in [5, 5.41) is 12.8. The summed E-state index contributed by atoms with van der Waals surface area (Å²) in [5.74, 6) is 0.632. The van der Waals surface area contributed by atoms with Crippen LogP contribution in [-0.2, 0) is 5.75 Å². The van der Waals surface area contributed by atoms with Gasteiger partial charge in [-0.05, 0) is 54.1 Å². The van der Waals surface area contributed by atoms with Gasteiger partial charge in [0.2, 0.25) is 0 Å². The maximum absolute atomic E-state index is 12.5. The predicted molar refractivity (Wildman–Crippen MR) is 94.1 cm³/mol. The minimum absolute atomic E-state index is 0.156. The van der Waals surface area contributed by atoms with E-state index in [1.165, 1.54) is 23.9 Å². The largest absolute Gasteiger partial charge is 0.508 e. The van der Waals surface area contributed by atoms with E-state index in [1.54, 1.807) is 42.9 Å². The van der Waals surface area contributed by atoms with Crippen LogP contribution in [0.5, 0.6) is 5.75 Å². The number of pyridine rings is 2. The lowest BCUT2D eigenvalue weighted by Gasteiger charge is -2.09. The van der Waals surface area contributed by atoms with Gasteiger partial charge in [0.1, 0.15) is 10.8 Å². The van der Waals surface area contributed by atoms with Crippen LogP contribution in [0.25, 0.3) is 0 Å². The molecule has 0 unspecified atom stereocenters. The predicted octanol–water partition coefficient (Wildman–Crippen LogP) is 3.73. The SMILES string of the molecule is O=C(Nc1ccc(O)cc1)c1cccnc1SCc1ccncc1. The highest BCUT2D eigenvalue weighted by molar-refractivity contribution is 7.98. The van der Waals surface area contributed by atoms with E-state index >= 15 is 0 Å². The van der Waals surface area contributed by atoms with Crippen LogP contribution < -0.4 is 5.32 Å². The Morgan fingerprint density at radius 2 is 1.79 bits per heavy atom. The van der Waals surface area contributed by atoms with Crippen LogP contribution in [0, 0.1) is 0 Å². The zero-order chi connectivity index (χ0) is 16.8. The standard InChI is InChI=1S/C18H15N3O2S/c22-15-5-3-14(4-6-15)21-17(23)16-2-1-9-20-18(16)24-12-13-7-10-19-11-8-13/h1-11,22H,12H2,(H,21,23). The molecule has 6 heteroatoms. The number of thioether (sulfide) groups is 1. The summed E-state index contributed by atoms with van der Waals surface area (Å²) in [5.41, 5.74) is 2.25. The molecule has 1 aromatic carbocycles. The zero-order valence-electron chi connectivity index (χ0n) is 12.7. The second-order valence-corrected chi connectivity index (χ2v) is 5.97. The summed E-state index contributed by atoms with van der Waals surface area (Å²) in [7, 11) is 0. The minimum atomic E-state index is -0.231. The maximum Gasteiger partial charge on any atom is 0.258 e. The fourth-order valence-electron chi connectivity index (χ4n) is 2.05. The summed E-state index contributed by atoms with van der Waals surface area (Å²) >= 11 is 1.50. The molecule has 0 saturated heterocycles. The van der Waals surface area contributed by atoms with Gasteiger partial charge in [0.25, 0.3) is 5.91 Å². The Hall–Kier alpha value is -2.86. The van der Waals surface area contributed by atoms with Gasteiger partial charge < -0.3 is 10.4 Å². The van der Waals surface area contributed by atoms with Crippen molar-refractivity contribution >= 4 is 23.4 Å². The molecule has 2 heterocycles. The molecule has 0 aliphatic carbocycles. The number of hydrogen-bond donors (Lipinski definition) is 2. The van der Waals surface area contributed by atoms with Crippen molar-refractivity contribution in [3.63, 3.8) is 0 Å². The normalized spacial score (nSPS) is 10.3. The molecule has 5 nitrogen and oxygen atoms in total. The molecule has 0 fully saturated rings. The third kappa shape index (κ3) is 4.11. The Bertz CT molecular complexity index is 823. The summed E-state index contributed by atoms with van der Waals surface area (Å²) in [6.07, 6.45) is 5.16. The Labute approximate surface area is 143 Å². The van der Waals surface area contributed by atoms with Crippen molar-refractivity contribution < 1.29 is 9.90 Å². The van der Waals surface area contributed by atoms with Crippen LogP contribution in [0.15, 0.2) is 72.1 Å². The van der Waals surface area contributed by atoms with Crippen molar-refractivity contribution in [2.24, 2.45) is 0 Å². The number of phenolic OH excluding ortho intramolecular Hbond substituents is 1. The number of nitrogens with zero attached hydrogens (tertiary/aromatic N) is 2. The van der Waals surface area contributed by atoms with E-state index in [2.05, 4.69) is 15.3 Å². The lowest BCUT2D eigenvalue weighted by Crippen LogP contribution is -2.13. The number of amides is 1. The van der Waals surface area contributed by atoms with E-state index in [0.29, 0.717) is 22.0 Å². The van der Waals surface area contributed by atoms with Crippen molar-refractivity contribution in [1.29, 1.82) is 0 Å². The molecule has 0 aliphatic heterocycles. The third-order valence-corrected chi connectivity index (χ3v) is 4.34. The van der Waals surface area contributed by atoms with Gasteiger partial charge in [-0.15, -0.1) is 11.8 Å². The van der Waals surface area contributed by atoms with E-state index in [9.17, 15) is 9.90 Å². The second-order valence-electron chi connectivity index (χ2n) is 5.00. The van der Waals surface area contributed by atoms with Crippen LogP contribution in [-0.4, -0.2) is 21.0 Å². The molecule has 0 saturated carbocycles. The number of benzene rings is 1. The third-order valence-electron chi connectivity index (χ3n) is 3.27. The molecular weight excluding hydrogens is 322 g/mol. The summed E-state index contributed by atoms with van der Waals surface area (Å²) < 4.78 is 0. The van der Waals surface area contributed by atoms with Crippen LogP contribution in [0.2, 0.25) is 0 Å². The Kier molecular flexibility index (Phi) is 5.08. The highest BCUT2D eigenvalue weighted by Crippen LogP contribution is 2.25. The smallest absolute Gasteiger partial charge is 0.258 e. The fourth-order valence-corrected chi connectivity index (χ4v) is 3.00. The number of aromatic hydroxyl groups is 1. The average Bonchev–Trinajstić information content (AvgIpc) is 2.63. The molecule has 3 rings (SSSR count). The van der Waals surface area contributed by atoms with Gasteiger partial charge in [-0.3, -0.25) is 9.78 Å². The minimum Gasteiger partial charge on any atom is -0.508 e. The number of carbonyl (C=O) groups excluding carboxylic acids is 1. The van der Waals surface area contributed by atoms with E-state index in [-0.39, 0.29) is 11.7 Å². The topological polar surface area (TPSA) is 75.1 Å². The number of anilines is 1. The first kappa shape index (κ1) is 16.0. The van der Waals surface area contributed by atoms with Gasteiger partial charge in [0.15, 0.2) is 0 Å². The quantitative estimate of drug-likeness (QED) is 0.548. The van der Waals surface area contributed by atoms with Crippen LogP contribution in [0.1, 0.15) is 15.9 Å². The number of aromatic nitrogens is 2. The van der Waals surface area contributed by atoms with Crippen molar-refractivity contribution in [1.82, 2.24) is 9.97 Å². The maximum atomic E-state index is 12.5. The van der Waals surface area contributed by atoms with Crippen LogP contribution in [0.4, 0.5) is 5.69 Å². The molecule has 0 bridgehead atoms. The van der Waals surface area contributed by atoms with Crippen molar-refractivity contribution in [2.45, 2.75) is 10.8 Å². The second kappa shape index (κ2) is 7.61. The molecule has 2 aromatic heterocycles. The molecular formula is C18H15N3O2S. The first-order chi connectivity index (χ1) is 11.7. The number of nitrogens with one attached hydrogen (secondary N) is 1. The van der Waals surface area contributed by atoms with Crippen molar-refractivity contribution in [3.05, 3.63) is 78.2 Å². The lowest BCUT2D eigenvalue weighted by atomic mass is 10.2. The highest BCUT2D eigenvalue weighted by Gasteiger charge is 2.13. The number of phenols is 1. The van der Waals surface area contributed by atoms with Crippen LogP contribution >= 0.6 is 11.8 Å². The van der Waals surface area contributed by atoms with Gasteiger partial charge in [0.05, 0.1) is 5.56 Å². The molecule has 2 N–H and O–H groups in total. The van der Waals surface area contributed by atoms with Gasteiger partial charge >= 0.3 is 0 Å². The monoisotopic (exact) mass is 337 g/mol. The summed E-state index contributed by atoms with van der Waals surface area (Å²) in [6, 6.07) is 13.7. The molecule has 120 valence electrons. The van der Waals surface area contributed by atoms with Crippen LogP contribution in [0.3, 0.4) is 0 Å². The lowest BCUT2D eigenvalue weighted by molar-refractivity contribution is 0.102.